The van der Waals surface area contributed by atoms with Crippen LogP contribution in [-0.4, -0.2) is 35.9 Å². The van der Waals surface area contributed by atoms with Gasteiger partial charge in [-0.1, -0.05) is 0 Å². The van der Waals surface area contributed by atoms with Gasteiger partial charge in [-0.15, -0.1) is 11.3 Å². The predicted molar refractivity (Wildman–Crippen MR) is 82.5 cm³/mol. The third kappa shape index (κ3) is 4.09. The van der Waals surface area contributed by atoms with Gasteiger partial charge < -0.3 is 10.2 Å². The van der Waals surface area contributed by atoms with Crippen molar-refractivity contribution in [2.45, 2.75) is 19.5 Å². The molecule has 112 valence electrons. The molecule has 0 aliphatic heterocycles. The van der Waals surface area contributed by atoms with Crippen LogP contribution in [-0.2, 0) is 11.3 Å². The maximum Gasteiger partial charge on any atom is 0.238 e. The maximum atomic E-state index is 12.9. The fourth-order valence-electron chi connectivity index (χ4n) is 1.85. The zero-order valence-electron chi connectivity index (χ0n) is 12.3. The van der Waals surface area contributed by atoms with Crippen molar-refractivity contribution in [1.82, 2.24) is 15.2 Å². The molecule has 0 saturated heterocycles. The minimum atomic E-state index is -0.256. The van der Waals surface area contributed by atoms with E-state index in [0.717, 1.165) is 16.3 Å². The van der Waals surface area contributed by atoms with E-state index in [4.69, 9.17) is 0 Å². The molecular weight excluding hydrogens is 289 g/mol. The third-order valence-corrected chi connectivity index (χ3v) is 3.98. The Balaban J connectivity index is 1.97. The lowest BCUT2D eigenvalue weighted by Gasteiger charge is -2.17. The van der Waals surface area contributed by atoms with Gasteiger partial charge in [-0.2, -0.15) is 0 Å². The first-order valence-corrected chi connectivity index (χ1v) is 7.50. The van der Waals surface area contributed by atoms with Gasteiger partial charge in [0.2, 0.25) is 5.91 Å². The normalized spacial score (nSPS) is 12.2. The Hall–Kier alpha value is -1.79. The number of aromatic nitrogens is 1. The van der Waals surface area contributed by atoms with Crippen LogP contribution >= 0.6 is 11.3 Å². The number of benzene rings is 1. The van der Waals surface area contributed by atoms with Crippen LogP contribution in [0.15, 0.2) is 29.6 Å². The van der Waals surface area contributed by atoms with Gasteiger partial charge in [0.05, 0.1) is 11.7 Å². The second-order valence-corrected chi connectivity index (χ2v) is 5.84. The molecule has 1 unspecified atom stereocenters. The van der Waals surface area contributed by atoms with E-state index in [1.54, 1.807) is 31.1 Å². The fourth-order valence-corrected chi connectivity index (χ4v) is 2.67. The summed E-state index contributed by atoms with van der Waals surface area (Å²) in [5, 5.41) is 5.94. The van der Waals surface area contributed by atoms with Crippen LogP contribution < -0.4 is 5.32 Å². The van der Waals surface area contributed by atoms with Gasteiger partial charge in [0, 0.05) is 31.6 Å². The molecule has 0 bridgehead atoms. The van der Waals surface area contributed by atoms with E-state index >= 15 is 0 Å². The van der Waals surface area contributed by atoms with Crippen molar-refractivity contribution in [3.05, 3.63) is 41.2 Å². The van der Waals surface area contributed by atoms with Crippen molar-refractivity contribution < 1.29 is 9.18 Å². The van der Waals surface area contributed by atoms with Crippen molar-refractivity contribution >= 4 is 17.2 Å². The van der Waals surface area contributed by atoms with E-state index in [1.807, 2.05) is 12.3 Å². The van der Waals surface area contributed by atoms with E-state index < -0.39 is 0 Å². The quantitative estimate of drug-likeness (QED) is 0.923. The molecule has 0 radical (unpaired) electrons. The first-order chi connectivity index (χ1) is 9.97. The molecule has 0 saturated carbocycles. The number of rotatable bonds is 5. The summed E-state index contributed by atoms with van der Waals surface area (Å²) in [6.07, 6.45) is 0. The maximum absolute atomic E-state index is 12.9. The Morgan fingerprint density at radius 3 is 2.67 bits per heavy atom. The zero-order valence-corrected chi connectivity index (χ0v) is 13.1. The molecule has 0 fully saturated rings. The SMILES string of the molecule is CC(NCc1csc(-c2ccc(F)cc2)n1)C(=O)N(C)C. The standard InChI is InChI=1S/C15H18FN3OS/c1-10(15(20)19(2)3)17-8-13-9-21-14(18-13)11-4-6-12(16)7-5-11/h4-7,9-10,17H,8H2,1-3H3. The predicted octanol–water partition coefficient (Wildman–Crippen LogP) is 2.52. The number of likely N-dealkylation sites (N-methyl/N-ethyl adjacent to an activating group) is 1. The lowest BCUT2D eigenvalue weighted by molar-refractivity contribution is -0.130. The Morgan fingerprint density at radius 2 is 2.05 bits per heavy atom. The number of halogens is 1. The number of hydrogen-bond acceptors (Lipinski definition) is 4. The highest BCUT2D eigenvalue weighted by molar-refractivity contribution is 7.13. The Morgan fingerprint density at radius 1 is 1.38 bits per heavy atom. The molecule has 1 aromatic heterocycles. The number of carbonyl (C=O) groups excluding carboxylic acids is 1. The summed E-state index contributed by atoms with van der Waals surface area (Å²) in [5.74, 6) is -0.225. The second kappa shape index (κ2) is 6.78. The Kier molecular flexibility index (Phi) is 5.03. The first-order valence-electron chi connectivity index (χ1n) is 6.62. The number of amides is 1. The molecule has 1 atom stereocenters. The molecule has 0 aliphatic carbocycles. The number of hydrogen-bond donors (Lipinski definition) is 1. The van der Waals surface area contributed by atoms with Gasteiger partial charge in [-0.25, -0.2) is 9.37 Å². The summed E-state index contributed by atoms with van der Waals surface area (Å²) >= 11 is 1.51. The van der Waals surface area contributed by atoms with Crippen molar-refractivity contribution in [2.24, 2.45) is 0 Å². The van der Waals surface area contributed by atoms with Crippen molar-refractivity contribution in [1.29, 1.82) is 0 Å². The molecular formula is C15H18FN3OS. The van der Waals surface area contributed by atoms with Crippen LogP contribution in [0.25, 0.3) is 10.6 Å². The number of nitrogens with one attached hydrogen (secondary N) is 1. The van der Waals surface area contributed by atoms with Crippen molar-refractivity contribution in [3.8, 4) is 10.6 Å². The molecule has 21 heavy (non-hydrogen) atoms. The van der Waals surface area contributed by atoms with Gasteiger partial charge in [-0.05, 0) is 31.2 Å². The molecule has 6 heteroatoms. The first kappa shape index (κ1) is 15.6. The largest absolute Gasteiger partial charge is 0.347 e. The van der Waals surface area contributed by atoms with Crippen LogP contribution in [0.1, 0.15) is 12.6 Å². The van der Waals surface area contributed by atoms with Gasteiger partial charge in [0.1, 0.15) is 10.8 Å². The van der Waals surface area contributed by atoms with E-state index in [2.05, 4.69) is 10.3 Å². The number of nitrogens with zero attached hydrogens (tertiary/aromatic N) is 2. The van der Waals surface area contributed by atoms with E-state index in [0.29, 0.717) is 6.54 Å². The fraction of sp³-hybridized carbons (Fsp3) is 0.333. The van der Waals surface area contributed by atoms with E-state index in [9.17, 15) is 9.18 Å². The summed E-state index contributed by atoms with van der Waals surface area (Å²) in [5.41, 5.74) is 1.77. The molecule has 1 N–H and O–H groups in total. The van der Waals surface area contributed by atoms with Crippen LogP contribution in [0.2, 0.25) is 0 Å². The highest BCUT2D eigenvalue weighted by Crippen LogP contribution is 2.23. The average molecular weight is 307 g/mol. The van der Waals surface area contributed by atoms with Gasteiger partial charge in [-0.3, -0.25) is 4.79 Å². The zero-order chi connectivity index (χ0) is 15.4. The monoisotopic (exact) mass is 307 g/mol. The highest BCUT2D eigenvalue weighted by atomic mass is 32.1. The van der Waals surface area contributed by atoms with Gasteiger partial charge >= 0.3 is 0 Å². The van der Waals surface area contributed by atoms with Gasteiger partial charge in [0.15, 0.2) is 0 Å². The number of carbonyl (C=O) groups is 1. The second-order valence-electron chi connectivity index (χ2n) is 4.99. The highest BCUT2D eigenvalue weighted by Gasteiger charge is 2.14. The molecule has 1 aromatic carbocycles. The van der Waals surface area contributed by atoms with Crippen LogP contribution in [0, 0.1) is 5.82 Å². The minimum absolute atomic E-state index is 0.0315. The average Bonchev–Trinajstić information content (AvgIpc) is 2.93. The molecule has 0 aliphatic rings. The van der Waals surface area contributed by atoms with Crippen molar-refractivity contribution in [3.63, 3.8) is 0 Å². The lowest BCUT2D eigenvalue weighted by atomic mass is 10.2. The summed E-state index contributed by atoms with van der Waals surface area (Å²) in [6.45, 7) is 2.36. The third-order valence-electron chi connectivity index (χ3n) is 3.04. The summed E-state index contributed by atoms with van der Waals surface area (Å²) in [6, 6.07) is 6.02. The molecule has 1 heterocycles. The summed E-state index contributed by atoms with van der Waals surface area (Å²) in [4.78, 5) is 17.8. The van der Waals surface area contributed by atoms with E-state index in [-0.39, 0.29) is 17.8 Å². The van der Waals surface area contributed by atoms with E-state index in [1.165, 1.54) is 23.5 Å². The molecule has 0 spiro atoms. The molecule has 2 aromatic rings. The molecule has 1 amide bonds. The molecule has 4 nitrogen and oxygen atoms in total. The smallest absolute Gasteiger partial charge is 0.238 e. The lowest BCUT2D eigenvalue weighted by Crippen LogP contribution is -2.41. The van der Waals surface area contributed by atoms with Crippen LogP contribution in [0.3, 0.4) is 0 Å². The molecule has 2 rings (SSSR count). The van der Waals surface area contributed by atoms with Crippen LogP contribution in [0.5, 0.6) is 0 Å². The van der Waals surface area contributed by atoms with Crippen LogP contribution in [0.4, 0.5) is 4.39 Å². The summed E-state index contributed by atoms with van der Waals surface area (Å²) in [7, 11) is 3.46. The number of thiazole rings is 1. The topological polar surface area (TPSA) is 45.2 Å². The van der Waals surface area contributed by atoms with Crippen molar-refractivity contribution in [2.75, 3.05) is 14.1 Å². The van der Waals surface area contributed by atoms with Gasteiger partial charge in [0.25, 0.3) is 0 Å². The Labute approximate surface area is 127 Å². The minimum Gasteiger partial charge on any atom is -0.347 e. The summed E-state index contributed by atoms with van der Waals surface area (Å²) < 4.78 is 12.9. The Bertz CT molecular complexity index is 610.